The Balaban J connectivity index is 1.68. The molecule has 4 rings (SSSR count). The number of ether oxygens (including phenoxy) is 5. The van der Waals surface area contributed by atoms with Crippen molar-refractivity contribution in [2.75, 3.05) is 53.2 Å². The van der Waals surface area contributed by atoms with Crippen molar-refractivity contribution in [2.45, 2.75) is 18.3 Å². The van der Waals surface area contributed by atoms with E-state index in [2.05, 4.69) is 0 Å². The summed E-state index contributed by atoms with van der Waals surface area (Å²) in [7, 11) is 1.28. The Bertz CT molecular complexity index is 1200. The first kappa shape index (κ1) is 24.0. The van der Waals surface area contributed by atoms with Gasteiger partial charge in [0.2, 0.25) is 12.5 Å². The topological polar surface area (TPSA) is 101 Å². The molecule has 1 amide bonds. The van der Waals surface area contributed by atoms with Crippen LogP contribution in [0.25, 0.3) is 0 Å². The van der Waals surface area contributed by atoms with Gasteiger partial charge in [-0.05, 0) is 42.7 Å². The van der Waals surface area contributed by atoms with E-state index in [1.54, 1.807) is 17.0 Å². The molecule has 1 saturated heterocycles. The summed E-state index contributed by atoms with van der Waals surface area (Å²) in [6.45, 7) is 0.978. The fraction of sp³-hybridized carbons (Fsp3) is 0.458. The van der Waals surface area contributed by atoms with Gasteiger partial charge in [0.05, 0.1) is 32.6 Å². The van der Waals surface area contributed by atoms with Crippen molar-refractivity contribution in [1.29, 1.82) is 0 Å². The highest BCUT2D eigenvalue weighted by Crippen LogP contribution is 2.45. The van der Waals surface area contributed by atoms with Gasteiger partial charge in [-0.25, -0.2) is 8.42 Å². The standard InChI is InChI=1S/C24H29NO8S/c1-29-19-8-6-17(21(30-2)22(19)31-3)23(26)25-11-9-24(14-25,10-12-34(4,27)28)16-5-7-18-20(13-16)33-15-32-18/h5-8,13H,9-12,14-15H2,1-4H3. The summed E-state index contributed by atoms with van der Waals surface area (Å²) in [6, 6.07) is 8.98. The van der Waals surface area contributed by atoms with E-state index in [1.165, 1.54) is 27.6 Å². The van der Waals surface area contributed by atoms with E-state index < -0.39 is 15.3 Å². The summed E-state index contributed by atoms with van der Waals surface area (Å²) in [4.78, 5) is 15.3. The van der Waals surface area contributed by atoms with Crippen LogP contribution in [0.3, 0.4) is 0 Å². The van der Waals surface area contributed by atoms with Crippen molar-refractivity contribution in [1.82, 2.24) is 4.90 Å². The molecular weight excluding hydrogens is 462 g/mol. The monoisotopic (exact) mass is 491 g/mol. The number of carbonyl (C=O) groups excluding carboxylic acids is 1. The summed E-state index contributed by atoms with van der Waals surface area (Å²) < 4.78 is 51.3. The van der Waals surface area contributed by atoms with E-state index in [1.807, 2.05) is 18.2 Å². The second-order valence-corrected chi connectivity index (χ2v) is 10.8. The zero-order valence-corrected chi connectivity index (χ0v) is 20.6. The van der Waals surface area contributed by atoms with Gasteiger partial charge in [-0.2, -0.15) is 0 Å². The quantitative estimate of drug-likeness (QED) is 0.556. The normalized spacial score (nSPS) is 19.2. The van der Waals surface area contributed by atoms with E-state index in [9.17, 15) is 13.2 Å². The van der Waals surface area contributed by atoms with Gasteiger partial charge < -0.3 is 28.6 Å². The van der Waals surface area contributed by atoms with Crippen LogP contribution in [-0.4, -0.2) is 72.4 Å². The van der Waals surface area contributed by atoms with Gasteiger partial charge >= 0.3 is 0 Å². The van der Waals surface area contributed by atoms with Crippen LogP contribution < -0.4 is 23.7 Å². The lowest BCUT2D eigenvalue weighted by Gasteiger charge is -2.30. The minimum Gasteiger partial charge on any atom is -0.493 e. The van der Waals surface area contributed by atoms with Crippen LogP contribution in [-0.2, 0) is 15.3 Å². The maximum absolute atomic E-state index is 13.6. The van der Waals surface area contributed by atoms with Gasteiger partial charge in [-0.3, -0.25) is 4.79 Å². The number of methoxy groups -OCH3 is 3. The van der Waals surface area contributed by atoms with E-state index in [4.69, 9.17) is 23.7 Å². The summed E-state index contributed by atoms with van der Waals surface area (Å²) in [5.41, 5.74) is 0.739. The highest BCUT2D eigenvalue weighted by atomic mass is 32.2. The number of benzene rings is 2. The van der Waals surface area contributed by atoms with Crippen LogP contribution in [0, 0.1) is 0 Å². The zero-order chi connectivity index (χ0) is 24.5. The van der Waals surface area contributed by atoms with Crippen molar-refractivity contribution in [2.24, 2.45) is 0 Å². The van der Waals surface area contributed by atoms with Crippen LogP contribution in [0.15, 0.2) is 30.3 Å². The maximum Gasteiger partial charge on any atom is 0.257 e. The lowest BCUT2D eigenvalue weighted by molar-refractivity contribution is 0.0778. The number of sulfone groups is 1. The molecule has 34 heavy (non-hydrogen) atoms. The number of carbonyl (C=O) groups is 1. The third-order valence-electron chi connectivity index (χ3n) is 6.51. The van der Waals surface area contributed by atoms with E-state index in [0.29, 0.717) is 60.2 Å². The molecule has 1 unspecified atom stereocenters. The molecule has 0 saturated carbocycles. The summed E-state index contributed by atoms with van der Waals surface area (Å²) in [5.74, 6) is 2.17. The number of hydrogen-bond donors (Lipinski definition) is 0. The number of nitrogens with zero attached hydrogens (tertiary/aromatic N) is 1. The lowest BCUT2D eigenvalue weighted by Crippen LogP contribution is -2.36. The second kappa shape index (κ2) is 9.25. The number of rotatable bonds is 8. The van der Waals surface area contributed by atoms with Crippen molar-refractivity contribution in [3.63, 3.8) is 0 Å². The first-order chi connectivity index (χ1) is 16.2. The van der Waals surface area contributed by atoms with Crippen LogP contribution in [0.4, 0.5) is 0 Å². The summed E-state index contributed by atoms with van der Waals surface area (Å²) in [5, 5.41) is 0. The van der Waals surface area contributed by atoms with Gasteiger partial charge in [-0.1, -0.05) is 6.07 Å². The van der Waals surface area contributed by atoms with Crippen molar-refractivity contribution >= 4 is 15.7 Å². The molecule has 0 radical (unpaired) electrons. The smallest absolute Gasteiger partial charge is 0.257 e. The molecule has 10 heteroatoms. The molecule has 0 spiro atoms. The Morgan fingerprint density at radius 1 is 1.03 bits per heavy atom. The average molecular weight is 492 g/mol. The van der Waals surface area contributed by atoms with Crippen LogP contribution in [0.5, 0.6) is 28.7 Å². The Labute approximate surface area is 199 Å². The Morgan fingerprint density at radius 2 is 1.76 bits per heavy atom. The minimum atomic E-state index is -3.20. The molecule has 9 nitrogen and oxygen atoms in total. The SMILES string of the molecule is COc1ccc(C(=O)N2CCC(CCS(C)(=O)=O)(c3ccc4c(c3)OCO4)C2)c(OC)c1OC. The van der Waals surface area contributed by atoms with Crippen LogP contribution >= 0.6 is 0 Å². The molecule has 2 aliphatic rings. The molecule has 2 aliphatic heterocycles. The van der Waals surface area contributed by atoms with E-state index >= 15 is 0 Å². The largest absolute Gasteiger partial charge is 0.493 e. The molecule has 2 aromatic rings. The van der Waals surface area contributed by atoms with Gasteiger partial charge in [-0.15, -0.1) is 0 Å². The van der Waals surface area contributed by atoms with Gasteiger partial charge in [0.15, 0.2) is 23.0 Å². The predicted octanol–water partition coefficient (Wildman–Crippen LogP) is 2.66. The molecular formula is C24H29NO8S. The molecule has 2 aromatic carbocycles. The maximum atomic E-state index is 13.6. The fourth-order valence-corrected chi connectivity index (χ4v) is 5.44. The molecule has 184 valence electrons. The minimum absolute atomic E-state index is 0.0170. The number of amides is 1. The molecule has 1 atom stereocenters. The lowest BCUT2D eigenvalue weighted by atomic mass is 9.77. The van der Waals surface area contributed by atoms with E-state index in [-0.39, 0.29) is 18.5 Å². The molecule has 2 heterocycles. The second-order valence-electron chi connectivity index (χ2n) is 8.59. The van der Waals surface area contributed by atoms with Gasteiger partial charge in [0, 0.05) is 24.8 Å². The van der Waals surface area contributed by atoms with Crippen molar-refractivity contribution in [3.05, 3.63) is 41.5 Å². The Kier molecular flexibility index (Phi) is 6.53. The zero-order valence-electron chi connectivity index (χ0n) is 19.8. The number of fused-ring (bicyclic) bond motifs is 1. The fourth-order valence-electron chi connectivity index (χ4n) is 4.68. The van der Waals surface area contributed by atoms with Crippen molar-refractivity contribution in [3.8, 4) is 28.7 Å². The average Bonchev–Trinajstić information content (AvgIpc) is 3.48. The van der Waals surface area contributed by atoms with Crippen LogP contribution in [0.1, 0.15) is 28.8 Å². The van der Waals surface area contributed by atoms with Crippen LogP contribution in [0.2, 0.25) is 0 Å². The van der Waals surface area contributed by atoms with Gasteiger partial charge in [0.25, 0.3) is 5.91 Å². The Morgan fingerprint density at radius 3 is 2.44 bits per heavy atom. The van der Waals surface area contributed by atoms with Gasteiger partial charge in [0.1, 0.15) is 9.84 Å². The molecule has 0 N–H and O–H groups in total. The third kappa shape index (κ3) is 4.46. The molecule has 0 bridgehead atoms. The highest BCUT2D eigenvalue weighted by Gasteiger charge is 2.43. The number of likely N-dealkylation sites (tertiary alicyclic amines) is 1. The predicted molar refractivity (Wildman–Crippen MR) is 125 cm³/mol. The first-order valence-electron chi connectivity index (χ1n) is 10.9. The molecule has 0 aliphatic carbocycles. The van der Waals surface area contributed by atoms with E-state index in [0.717, 1.165) is 5.56 Å². The Hall–Kier alpha value is -3.14. The first-order valence-corrected chi connectivity index (χ1v) is 12.9. The number of hydrogen-bond acceptors (Lipinski definition) is 8. The highest BCUT2D eigenvalue weighted by molar-refractivity contribution is 7.90. The summed E-state index contributed by atoms with van der Waals surface area (Å²) >= 11 is 0. The van der Waals surface area contributed by atoms with Crippen molar-refractivity contribution < 1.29 is 36.9 Å². The molecule has 0 aromatic heterocycles. The summed E-state index contributed by atoms with van der Waals surface area (Å²) in [6.07, 6.45) is 2.23. The molecule has 1 fully saturated rings. The third-order valence-corrected chi connectivity index (χ3v) is 7.46.